The lowest BCUT2D eigenvalue weighted by Gasteiger charge is -2.39. The molecular weight excluding hydrogens is 398 g/mol. The molecule has 0 radical (unpaired) electrons. The molecule has 8 heteroatoms. The number of hydrogen-bond acceptors (Lipinski definition) is 3. The molecule has 0 amide bonds. The molecule has 0 saturated carbocycles. The summed E-state index contributed by atoms with van der Waals surface area (Å²) in [6.07, 6.45) is -4.20. The zero-order chi connectivity index (χ0) is 22.3. The lowest BCUT2D eigenvalue weighted by atomic mass is 9.73. The van der Waals surface area contributed by atoms with Gasteiger partial charge in [0.1, 0.15) is 17.6 Å². The minimum absolute atomic E-state index is 0.147. The Balaban J connectivity index is 2.01. The number of nitrogens with zero attached hydrogens (tertiary/aromatic N) is 3. The molecule has 3 aromatic rings. The summed E-state index contributed by atoms with van der Waals surface area (Å²) in [6.45, 7) is 4.05. The molecule has 0 spiro atoms. The number of benzene rings is 1. The van der Waals surface area contributed by atoms with Crippen molar-refractivity contribution in [3.8, 4) is 6.07 Å². The van der Waals surface area contributed by atoms with Crippen LogP contribution in [0.4, 0.5) is 17.6 Å². The number of aliphatic hydroxyl groups is 1. The molecule has 0 fully saturated rings. The number of hydrogen-bond donors (Lipinski definition) is 1. The van der Waals surface area contributed by atoms with Crippen molar-refractivity contribution in [1.82, 2.24) is 9.55 Å². The molecule has 0 aliphatic carbocycles. The van der Waals surface area contributed by atoms with Crippen molar-refractivity contribution in [2.24, 2.45) is 0 Å². The van der Waals surface area contributed by atoms with Gasteiger partial charge in [-0.15, -0.1) is 0 Å². The minimum Gasteiger partial charge on any atom is -0.379 e. The molecule has 2 aromatic heterocycles. The van der Waals surface area contributed by atoms with E-state index < -0.39 is 36.0 Å². The highest BCUT2D eigenvalue weighted by atomic mass is 19.4. The number of pyridine rings is 1. The van der Waals surface area contributed by atoms with Crippen molar-refractivity contribution in [1.29, 1.82) is 5.26 Å². The van der Waals surface area contributed by atoms with E-state index in [9.17, 15) is 22.7 Å². The number of alkyl halides is 3. The first-order chi connectivity index (χ1) is 13.9. The number of halogens is 4. The molecule has 30 heavy (non-hydrogen) atoms. The van der Waals surface area contributed by atoms with Crippen LogP contribution in [-0.4, -0.2) is 26.4 Å². The van der Waals surface area contributed by atoms with Crippen molar-refractivity contribution < 1.29 is 22.7 Å². The predicted octanol–water partition coefficient (Wildman–Crippen LogP) is 5.02. The van der Waals surface area contributed by atoms with E-state index in [1.165, 1.54) is 47.2 Å². The smallest absolute Gasteiger partial charge is 0.379 e. The van der Waals surface area contributed by atoms with Crippen LogP contribution in [-0.2, 0) is 12.0 Å². The molecule has 0 aliphatic heterocycles. The van der Waals surface area contributed by atoms with Crippen LogP contribution in [0, 0.1) is 24.1 Å². The maximum atomic E-state index is 14.0. The van der Waals surface area contributed by atoms with Crippen molar-refractivity contribution >= 4 is 11.0 Å². The average Bonchev–Trinajstić information content (AvgIpc) is 3.04. The number of rotatable bonds is 5. The number of nitriles is 1. The molecule has 1 aromatic carbocycles. The fourth-order valence-electron chi connectivity index (χ4n) is 3.95. The van der Waals surface area contributed by atoms with Crippen LogP contribution in [0.5, 0.6) is 0 Å². The topological polar surface area (TPSA) is 61.8 Å². The predicted molar refractivity (Wildman–Crippen MR) is 104 cm³/mol. The van der Waals surface area contributed by atoms with Crippen molar-refractivity contribution in [2.75, 3.05) is 0 Å². The summed E-state index contributed by atoms with van der Waals surface area (Å²) in [5, 5.41) is 19.8. The first kappa shape index (κ1) is 21.8. The SMILES string of the molecule is Cc1ccc(F)cc1C(C)(C)CC(O)(Cn1ccc2nc(C#N)ccc21)C(F)(F)F. The number of aromatic nitrogens is 2. The van der Waals surface area contributed by atoms with E-state index in [-0.39, 0.29) is 5.69 Å². The van der Waals surface area contributed by atoms with Crippen molar-refractivity contribution in [3.05, 3.63) is 65.2 Å². The summed E-state index contributed by atoms with van der Waals surface area (Å²) < 4.78 is 57.2. The highest BCUT2D eigenvalue weighted by Crippen LogP contribution is 2.43. The minimum atomic E-state index is -4.93. The van der Waals surface area contributed by atoms with Crippen molar-refractivity contribution in [2.45, 2.75) is 50.9 Å². The first-order valence-corrected chi connectivity index (χ1v) is 9.28. The third kappa shape index (κ3) is 4.03. The van der Waals surface area contributed by atoms with E-state index >= 15 is 0 Å². The molecule has 4 nitrogen and oxygen atoms in total. The molecule has 158 valence electrons. The second-order valence-electron chi connectivity index (χ2n) is 8.21. The second kappa shape index (κ2) is 7.40. The highest BCUT2D eigenvalue weighted by Gasteiger charge is 2.56. The summed E-state index contributed by atoms with van der Waals surface area (Å²) >= 11 is 0. The van der Waals surface area contributed by atoms with Gasteiger partial charge in [-0.2, -0.15) is 18.4 Å². The molecule has 1 atom stereocenters. The Bertz CT molecular complexity index is 1130. The first-order valence-electron chi connectivity index (χ1n) is 9.28. The van der Waals surface area contributed by atoms with Crippen LogP contribution in [0.2, 0.25) is 0 Å². The van der Waals surface area contributed by atoms with E-state index in [1.54, 1.807) is 20.8 Å². The standard InChI is InChI=1S/C22H21F4N3O/c1-14-4-5-15(23)10-17(14)20(2,3)12-21(30,22(24,25)26)13-29-9-8-18-19(29)7-6-16(11-27)28-18/h4-10,30H,12-13H2,1-3H3. The van der Waals surface area contributed by atoms with E-state index in [0.717, 1.165) is 0 Å². The monoisotopic (exact) mass is 419 g/mol. The van der Waals surface area contributed by atoms with E-state index in [4.69, 9.17) is 5.26 Å². The van der Waals surface area contributed by atoms with Gasteiger partial charge in [0.25, 0.3) is 0 Å². The van der Waals surface area contributed by atoms with Gasteiger partial charge in [-0.25, -0.2) is 9.37 Å². The van der Waals surface area contributed by atoms with Gasteiger partial charge in [-0.1, -0.05) is 19.9 Å². The summed E-state index contributed by atoms with van der Waals surface area (Å²) in [7, 11) is 0. The maximum Gasteiger partial charge on any atom is 0.418 e. The van der Waals surface area contributed by atoms with Gasteiger partial charge in [0, 0.05) is 6.20 Å². The van der Waals surface area contributed by atoms with Gasteiger partial charge < -0.3 is 9.67 Å². The van der Waals surface area contributed by atoms with Crippen LogP contribution in [0.3, 0.4) is 0 Å². The maximum absolute atomic E-state index is 14.0. The van der Waals surface area contributed by atoms with Gasteiger partial charge in [0.2, 0.25) is 0 Å². The summed E-state index contributed by atoms with van der Waals surface area (Å²) in [4.78, 5) is 4.06. The Hall–Kier alpha value is -2.92. The summed E-state index contributed by atoms with van der Waals surface area (Å²) in [6, 6.07) is 10.3. The van der Waals surface area contributed by atoms with Gasteiger partial charge in [-0.3, -0.25) is 0 Å². The zero-order valence-corrected chi connectivity index (χ0v) is 16.8. The third-order valence-electron chi connectivity index (χ3n) is 5.36. The molecule has 0 saturated heterocycles. The molecule has 0 aliphatic rings. The van der Waals surface area contributed by atoms with E-state index in [0.29, 0.717) is 22.2 Å². The summed E-state index contributed by atoms with van der Waals surface area (Å²) in [5.74, 6) is -0.546. The Morgan fingerprint density at radius 1 is 1.13 bits per heavy atom. The molecule has 1 N–H and O–H groups in total. The van der Waals surface area contributed by atoms with Crippen LogP contribution < -0.4 is 0 Å². The quantitative estimate of drug-likeness (QED) is 0.591. The van der Waals surface area contributed by atoms with Crippen LogP contribution in [0.15, 0.2) is 42.6 Å². The lowest BCUT2D eigenvalue weighted by Crippen LogP contribution is -2.52. The molecule has 2 heterocycles. The molecular formula is C22H21F4N3O. The Morgan fingerprint density at radius 3 is 2.47 bits per heavy atom. The number of fused-ring (bicyclic) bond motifs is 1. The van der Waals surface area contributed by atoms with Crippen LogP contribution in [0.25, 0.3) is 11.0 Å². The zero-order valence-electron chi connectivity index (χ0n) is 16.8. The van der Waals surface area contributed by atoms with E-state index in [2.05, 4.69) is 4.98 Å². The van der Waals surface area contributed by atoms with Crippen LogP contribution >= 0.6 is 0 Å². The normalized spacial score (nSPS) is 14.5. The fraction of sp³-hybridized carbons (Fsp3) is 0.364. The van der Waals surface area contributed by atoms with Gasteiger partial charge >= 0.3 is 6.18 Å². The largest absolute Gasteiger partial charge is 0.418 e. The Kier molecular flexibility index (Phi) is 5.37. The molecule has 3 rings (SSSR count). The highest BCUT2D eigenvalue weighted by molar-refractivity contribution is 5.76. The van der Waals surface area contributed by atoms with Crippen molar-refractivity contribution in [3.63, 3.8) is 0 Å². The van der Waals surface area contributed by atoms with Gasteiger partial charge in [-0.05, 0) is 60.2 Å². The Morgan fingerprint density at radius 2 is 1.83 bits per heavy atom. The van der Waals surface area contributed by atoms with Gasteiger partial charge in [0.05, 0.1) is 17.6 Å². The average molecular weight is 419 g/mol. The summed E-state index contributed by atoms with van der Waals surface area (Å²) in [5.41, 5.74) is -2.31. The van der Waals surface area contributed by atoms with Gasteiger partial charge in [0.15, 0.2) is 5.60 Å². The molecule has 0 bridgehead atoms. The molecule has 1 unspecified atom stereocenters. The fourth-order valence-corrected chi connectivity index (χ4v) is 3.95. The lowest BCUT2D eigenvalue weighted by molar-refractivity contribution is -0.271. The van der Waals surface area contributed by atoms with E-state index in [1.807, 2.05) is 6.07 Å². The van der Waals surface area contributed by atoms with Crippen LogP contribution in [0.1, 0.15) is 37.1 Å². The second-order valence-corrected chi connectivity index (χ2v) is 8.21. The third-order valence-corrected chi connectivity index (χ3v) is 5.36. The number of aryl methyl sites for hydroxylation is 1. The Labute approximate surface area is 171 Å².